The molecule has 0 radical (unpaired) electrons. The molecule has 0 unspecified atom stereocenters. The Morgan fingerprint density at radius 1 is 1.09 bits per heavy atom. The summed E-state index contributed by atoms with van der Waals surface area (Å²) in [4.78, 5) is 1.56. The summed E-state index contributed by atoms with van der Waals surface area (Å²) in [5.74, 6) is 0. The second-order valence-electron chi connectivity index (χ2n) is 2.27. The van der Waals surface area contributed by atoms with Crippen LogP contribution in [-0.4, -0.2) is 44.0 Å². The highest BCUT2D eigenvalue weighted by Gasteiger charge is 2.09. The van der Waals surface area contributed by atoms with Gasteiger partial charge in [0.2, 0.25) is 0 Å². The number of nitrogens with zero attached hydrogens (tertiary/aromatic N) is 1. The van der Waals surface area contributed by atoms with Gasteiger partial charge in [-0.1, -0.05) is 0 Å². The topological polar surface area (TPSA) is 55.3 Å². The maximum absolute atomic E-state index is 11.8. The minimum Gasteiger partial charge on any atom is -0.329 e. The summed E-state index contributed by atoms with van der Waals surface area (Å²) in [6.45, 7) is 1.54. The first-order chi connectivity index (χ1) is 5.20. The molecule has 0 amide bonds. The number of halogens is 2. The Kier molecular flexibility index (Phi) is 6.30. The van der Waals surface area contributed by atoms with Crippen LogP contribution in [0.25, 0.3) is 0 Å². The molecule has 0 aliphatic carbocycles. The lowest BCUT2D eigenvalue weighted by Crippen LogP contribution is -2.37. The van der Waals surface area contributed by atoms with E-state index in [1.807, 2.05) is 0 Å². The largest absolute Gasteiger partial charge is 0.329 e. The van der Waals surface area contributed by atoms with Crippen LogP contribution in [0.15, 0.2) is 0 Å². The molecule has 0 fully saturated rings. The maximum atomic E-state index is 11.8. The van der Waals surface area contributed by atoms with E-state index in [2.05, 4.69) is 0 Å². The van der Waals surface area contributed by atoms with E-state index < -0.39 is 6.43 Å². The molecule has 68 valence electrons. The number of rotatable bonds is 6. The molecule has 0 aliphatic rings. The third kappa shape index (κ3) is 6.15. The van der Waals surface area contributed by atoms with Crippen molar-refractivity contribution in [3.8, 4) is 0 Å². The highest BCUT2D eigenvalue weighted by Crippen LogP contribution is 1.96. The van der Waals surface area contributed by atoms with E-state index in [-0.39, 0.29) is 6.54 Å². The van der Waals surface area contributed by atoms with Gasteiger partial charge in [0.25, 0.3) is 6.43 Å². The molecule has 3 nitrogen and oxygen atoms in total. The van der Waals surface area contributed by atoms with E-state index in [9.17, 15) is 8.78 Å². The third-order valence-electron chi connectivity index (χ3n) is 1.29. The van der Waals surface area contributed by atoms with Crippen molar-refractivity contribution in [3.05, 3.63) is 0 Å². The minimum atomic E-state index is -2.30. The van der Waals surface area contributed by atoms with Gasteiger partial charge in [-0.15, -0.1) is 0 Å². The molecular formula is C6H15F2N3. The Morgan fingerprint density at radius 2 is 1.55 bits per heavy atom. The van der Waals surface area contributed by atoms with Gasteiger partial charge in [0.05, 0.1) is 6.54 Å². The van der Waals surface area contributed by atoms with Gasteiger partial charge >= 0.3 is 0 Å². The first-order valence-electron chi connectivity index (χ1n) is 3.61. The van der Waals surface area contributed by atoms with Crippen LogP contribution < -0.4 is 11.5 Å². The predicted molar refractivity (Wildman–Crippen MR) is 40.6 cm³/mol. The van der Waals surface area contributed by atoms with Gasteiger partial charge in [-0.3, -0.25) is 4.90 Å². The predicted octanol–water partition coefficient (Wildman–Crippen LogP) is -0.529. The molecule has 0 saturated heterocycles. The molecule has 0 atom stereocenters. The lowest BCUT2D eigenvalue weighted by atomic mass is 10.4. The molecule has 0 aliphatic heterocycles. The smallest absolute Gasteiger partial charge is 0.251 e. The molecule has 4 N–H and O–H groups in total. The average Bonchev–Trinajstić information content (AvgIpc) is 1.87. The second-order valence-corrected chi connectivity index (χ2v) is 2.27. The van der Waals surface area contributed by atoms with Crippen LogP contribution in [0, 0.1) is 0 Å². The van der Waals surface area contributed by atoms with E-state index in [0.717, 1.165) is 0 Å². The van der Waals surface area contributed by atoms with Gasteiger partial charge in [-0.25, -0.2) is 8.78 Å². The van der Waals surface area contributed by atoms with Gasteiger partial charge in [0.15, 0.2) is 0 Å². The summed E-state index contributed by atoms with van der Waals surface area (Å²) in [5.41, 5.74) is 10.4. The number of alkyl halides is 2. The van der Waals surface area contributed by atoms with Gasteiger partial charge in [0, 0.05) is 26.2 Å². The fraction of sp³-hybridized carbons (Fsp3) is 1.00. The zero-order chi connectivity index (χ0) is 8.69. The maximum Gasteiger partial charge on any atom is 0.251 e. The standard InChI is InChI=1S/C6H15F2N3/c7-6(8)5-11(3-1-9)4-2-10/h6H,1-5,9-10H2. The summed E-state index contributed by atoms with van der Waals surface area (Å²) in [6.07, 6.45) is -2.30. The first-order valence-corrected chi connectivity index (χ1v) is 3.61. The van der Waals surface area contributed by atoms with Crippen molar-refractivity contribution in [2.45, 2.75) is 6.43 Å². The normalized spacial score (nSPS) is 11.5. The highest BCUT2D eigenvalue weighted by atomic mass is 19.3. The van der Waals surface area contributed by atoms with Crippen LogP contribution in [-0.2, 0) is 0 Å². The van der Waals surface area contributed by atoms with Gasteiger partial charge in [-0.05, 0) is 0 Å². The van der Waals surface area contributed by atoms with Gasteiger partial charge in [0.1, 0.15) is 0 Å². The molecule has 0 saturated carbocycles. The Hall–Kier alpha value is -0.260. The molecule has 0 aromatic heterocycles. The fourth-order valence-electron chi connectivity index (χ4n) is 0.855. The molecule has 0 aromatic rings. The Labute approximate surface area is 65.3 Å². The first kappa shape index (κ1) is 10.7. The Morgan fingerprint density at radius 3 is 1.82 bits per heavy atom. The molecule has 0 heterocycles. The summed E-state index contributed by atoms with van der Waals surface area (Å²) in [7, 11) is 0. The molecule has 0 aromatic carbocycles. The number of nitrogens with two attached hydrogens (primary N) is 2. The minimum absolute atomic E-state index is 0.228. The third-order valence-corrected chi connectivity index (χ3v) is 1.29. The summed E-state index contributed by atoms with van der Waals surface area (Å²) < 4.78 is 23.6. The molecule has 0 rings (SSSR count). The van der Waals surface area contributed by atoms with Crippen LogP contribution in [0.3, 0.4) is 0 Å². The fourth-order valence-corrected chi connectivity index (χ4v) is 0.855. The van der Waals surface area contributed by atoms with Crippen LogP contribution in [0.5, 0.6) is 0 Å². The van der Waals surface area contributed by atoms with Crippen LogP contribution >= 0.6 is 0 Å². The van der Waals surface area contributed by atoms with Crippen molar-refractivity contribution in [3.63, 3.8) is 0 Å². The van der Waals surface area contributed by atoms with Crippen molar-refractivity contribution in [1.82, 2.24) is 4.90 Å². The number of hydrogen-bond acceptors (Lipinski definition) is 3. The van der Waals surface area contributed by atoms with Crippen molar-refractivity contribution in [2.24, 2.45) is 11.5 Å². The summed E-state index contributed by atoms with van der Waals surface area (Å²) >= 11 is 0. The Bertz CT molecular complexity index is 83.9. The summed E-state index contributed by atoms with van der Waals surface area (Å²) in [5, 5.41) is 0. The van der Waals surface area contributed by atoms with Crippen LogP contribution in [0.4, 0.5) is 8.78 Å². The number of hydrogen-bond donors (Lipinski definition) is 2. The monoisotopic (exact) mass is 167 g/mol. The molecule has 0 spiro atoms. The molecule has 0 bridgehead atoms. The van der Waals surface area contributed by atoms with Gasteiger partial charge in [-0.2, -0.15) is 0 Å². The zero-order valence-electron chi connectivity index (χ0n) is 6.47. The zero-order valence-corrected chi connectivity index (χ0v) is 6.47. The van der Waals surface area contributed by atoms with E-state index in [4.69, 9.17) is 11.5 Å². The van der Waals surface area contributed by atoms with Gasteiger partial charge < -0.3 is 11.5 Å². The SMILES string of the molecule is NCCN(CCN)CC(F)F. The second kappa shape index (κ2) is 6.45. The van der Waals surface area contributed by atoms with Crippen molar-refractivity contribution in [2.75, 3.05) is 32.7 Å². The summed E-state index contributed by atoms with van der Waals surface area (Å²) in [6, 6.07) is 0. The van der Waals surface area contributed by atoms with E-state index >= 15 is 0 Å². The quantitative estimate of drug-likeness (QED) is 0.559. The van der Waals surface area contributed by atoms with Crippen molar-refractivity contribution in [1.29, 1.82) is 0 Å². The van der Waals surface area contributed by atoms with Crippen LogP contribution in [0.1, 0.15) is 0 Å². The highest BCUT2D eigenvalue weighted by molar-refractivity contribution is 4.59. The molecular weight excluding hydrogens is 152 g/mol. The Balaban J connectivity index is 3.50. The van der Waals surface area contributed by atoms with Crippen molar-refractivity contribution < 1.29 is 8.78 Å². The van der Waals surface area contributed by atoms with Crippen LogP contribution in [0.2, 0.25) is 0 Å². The lowest BCUT2D eigenvalue weighted by Gasteiger charge is -2.19. The van der Waals surface area contributed by atoms with E-state index in [1.54, 1.807) is 4.90 Å². The average molecular weight is 167 g/mol. The lowest BCUT2D eigenvalue weighted by molar-refractivity contribution is 0.0911. The molecule has 5 heteroatoms. The van der Waals surface area contributed by atoms with E-state index in [0.29, 0.717) is 26.2 Å². The van der Waals surface area contributed by atoms with E-state index in [1.165, 1.54) is 0 Å². The van der Waals surface area contributed by atoms with Crippen molar-refractivity contribution >= 4 is 0 Å². The molecule has 11 heavy (non-hydrogen) atoms.